The van der Waals surface area contributed by atoms with E-state index < -0.39 is 0 Å². The Hall–Kier alpha value is 0.310. The largest absolute Gasteiger partial charge is 0.327 e. The molecule has 1 saturated carbocycles. The summed E-state index contributed by atoms with van der Waals surface area (Å²) < 4.78 is 0. The molecule has 0 bridgehead atoms. The van der Waals surface area contributed by atoms with Crippen LogP contribution in [0.15, 0.2) is 0 Å². The highest BCUT2D eigenvalue weighted by molar-refractivity contribution is 7.99. The average molecular weight is 187 g/mol. The third kappa shape index (κ3) is 3.81. The zero-order valence-corrected chi connectivity index (χ0v) is 9.07. The van der Waals surface area contributed by atoms with E-state index in [2.05, 4.69) is 25.6 Å². The summed E-state index contributed by atoms with van der Waals surface area (Å²) in [5, 5.41) is 0.903. The molecule has 2 heteroatoms. The maximum atomic E-state index is 5.72. The molecule has 1 rings (SSSR count). The topological polar surface area (TPSA) is 26.0 Å². The quantitative estimate of drug-likeness (QED) is 0.735. The van der Waals surface area contributed by atoms with E-state index in [1.54, 1.807) is 0 Å². The summed E-state index contributed by atoms with van der Waals surface area (Å²) in [4.78, 5) is 0. The molecule has 0 aliphatic heterocycles. The number of hydrogen-bond donors (Lipinski definition) is 1. The Morgan fingerprint density at radius 3 is 2.83 bits per heavy atom. The van der Waals surface area contributed by atoms with Gasteiger partial charge in [0, 0.05) is 17.0 Å². The molecule has 0 spiro atoms. The van der Waals surface area contributed by atoms with Crippen LogP contribution in [0.4, 0.5) is 0 Å². The second-order valence-corrected chi connectivity index (χ2v) is 5.54. The SMILES string of the molecule is CC(N)CSC1CCCC(C)C1. The summed E-state index contributed by atoms with van der Waals surface area (Å²) in [6.07, 6.45) is 5.70. The molecular weight excluding hydrogens is 166 g/mol. The van der Waals surface area contributed by atoms with Gasteiger partial charge in [-0.25, -0.2) is 0 Å². The Bertz CT molecular complexity index is 125. The lowest BCUT2D eigenvalue weighted by Gasteiger charge is -2.26. The van der Waals surface area contributed by atoms with Crippen molar-refractivity contribution in [3.05, 3.63) is 0 Å². The van der Waals surface area contributed by atoms with Crippen LogP contribution in [0.2, 0.25) is 0 Å². The summed E-state index contributed by atoms with van der Waals surface area (Å²) in [6, 6.07) is 0.368. The molecule has 0 heterocycles. The van der Waals surface area contributed by atoms with E-state index in [0.29, 0.717) is 6.04 Å². The van der Waals surface area contributed by atoms with Crippen LogP contribution in [-0.2, 0) is 0 Å². The Kier molecular flexibility index (Phi) is 4.44. The van der Waals surface area contributed by atoms with Crippen molar-refractivity contribution in [3.63, 3.8) is 0 Å². The van der Waals surface area contributed by atoms with Crippen LogP contribution in [0.5, 0.6) is 0 Å². The predicted molar refractivity (Wildman–Crippen MR) is 57.5 cm³/mol. The highest BCUT2D eigenvalue weighted by Gasteiger charge is 2.18. The minimum Gasteiger partial charge on any atom is -0.327 e. The van der Waals surface area contributed by atoms with Crippen molar-refractivity contribution in [2.24, 2.45) is 11.7 Å². The molecule has 3 unspecified atom stereocenters. The van der Waals surface area contributed by atoms with Gasteiger partial charge < -0.3 is 5.73 Å². The van der Waals surface area contributed by atoms with Gasteiger partial charge in [0.25, 0.3) is 0 Å². The van der Waals surface area contributed by atoms with Crippen LogP contribution in [0, 0.1) is 5.92 Å². The van der Waals surface area contributed by atoms with Crippen LogP contribution in [-0.4, -0.2) is 17.0 Å². The zero-order valence-electron chi connectivity index (χ0n) is 8.25. The van der Waals surface area contributed by atoms with Crippen LogP contribution in [0.25, 0.3) is 0 Å². The van der Waals surface area contributed by atoms with Crippen LogP contribution in [0.1, 0.15) is 39.5 Å². The maximum Gasteiger partial charge on any atom is 0.0102 e. The fourth-order valence-electron chi connectivity index (χ4n) is 1.82. The fourth-order valence-corrected chi connectivity index (χ4v) is 3.19. The van der Waals surface area contributed by atoms with Gasteiger partial charge in [-0.2, -0.15) is 11.8 Å². The molecule has 1 nitrogen and oxygen atoms in total. The van der Waals surface area contributed by atoms with Gasteiger partial charge >= 0.3 is 0 Å². The van der Waals surface area contributed by atoms with Crippen molar-refractivity contribution in [2.45, 2.75) is 50.8 Å². The van der Waals surface area contributed by atoms with E-state index in [4.69, 9.17) is 5.73 Å². The minimum absolute atomic E-state index is 0.368. The molecule has 1 fully saturated rings. The molecule has 12 heavy (non-hydrogen) atoms. The molecule has 1 aliphatic carbocycles. The van der Waals surface area contributed by atoms with E-state index in [1.165, 1.54) is 25.7 Å². The molecule has 3 atom stereocenters. The third-order valence-electron chi connectivity index (χ3n) is 2.48. The Balaban J connectivity index is 2.14. The van der Waals surface area contributed by atoms with Crippen molar-refractivity contribution in [3.8, 4) is 0 Å². The maximum absolute atomic E-state index is 5.72. The van der Waals surface area contributed by atoms with Crippen molar-refractivity contribution in [2.75, 3.05) is 5.75 Å². The second-order valence-electron chi connectivity index (χ2n) is 4.20. The first-order valence-corrected chi connectivity index (χ1v) is 6.10. The molecule has 0 radical (unpaired) electrons. The summed E-state index contributed by atoms with van der Waals surface area (Å²) in [5.74, 6) is 2.08. The van der Waals surface area contributed by atoms with E-state index in [0.717, 1.165) is 16.9 Å². The normalized spacial score (nSPS) is 33.2. The summed E-state index contributed by atoms with van der Waals surface area (Å²) in [7, 11) is 0. The lowest BCUT2D eigenvalue weighted by atomic mass is 9.91. The lowest BCUT2D eigenvalue weighted by molar-refractivity contribution is 0.394. The smallest absolute Gasteiger partial charge is 0.0102 e. The molecule has 0 aromatic carbocycles. The van der Waals surface area contributed by atoms with Gasteiger partial charge in [-0.1, -0.05) is 19.8 Å². The molecule has 72 valence electrons. The van der Waals surface area contributed by atoms with Crippen LogP contribution >= 0.6 is 11.8 Å². The number of thioether (sulfide) groups is 1. The molecule has 0 aromatic heterocycles. The van der Waals surface area contributed by atoms with Gasteiger partial charge in [0.05, 0.1) is 0 Å². The lowest BCUT2D eigenvalue weighted by Crippen LogP contribution is -2.22. The highest BCUT2D eigenvalue weighted by Crippen LogP contribution is 2.31. The van der Waals surface area contributed by atoms with Crippen molar-refractivity contribution in [1.82, 2.24) is 0 Å². The van der Waals surface area contributed by atoms with Gasteiger partial charge in [0.1, 0.15) is 0 Å². The molecule has 2 N–H and O–H groups in total. The second kappa shape index (κ2) is 5.13. The Morgan fingerprint density at radius 1 is 1.50 bits per heavy atom. The monoisotopic (exact) mass is 187 g/mol. The third-order valence-corrected chi connectivity index (χ3v) is 4.10. The van der Waals surface area contributed by atoms with Crippen molar-refractivity contribution >= 4 is 11.8 Å². The van der Waals surface area contributed by atoms with Crippen LogP contribution in [0.3, 0.4) is 0 Å². The molecule has 0 saturated heterocycles. The van der Waals surface area contributed by atoms with E-state index in [-0.39, 0.29) is 0 Å². The molecular formula is C10H21NS. The van der Waals surface area contributed by atoms with E-state index in [9.17, 15) is 0 Å². The fraction of sp³-hybridized carbons (Fsp3) is 1.00. The van der Waals surface area contributed by atoms with Gasteiger partial charge in [-0.3, -0.25) is 0 Å². The summed E-state index contributed by atoms with van der Waals surface area (Å²) >= 11 is 2.08. The molecule has 0 amide bonds. The van der Waals surface area contributed by atoms with E-state index in [1.807, 2.05) is 0 Å². The van der Waals surface area contributed by atoms with Crippen LogP contribution < -0.4 is 5.73 Å². The first-order chi connectivity index (χ1) is 5.68. The predicted octanol–water partition coefficient (Wildman–Crippen LogP) is 2.65. The highest BCUT2D eigenvalue weighted by atomic mass is 32.2. The summed E-state index contributed by atoms with van der Waals surface area (Å²) in [5.41, 5.74) is 5.72. The first-order valence-electron chi connectivity index (χ1n) is 5.05. The number of hydrogen-bond acceptors (Lipinski definition) is 2. The van der Waals surface area contributed by atoms with Crippen molar-refractivity contribution in [1.29, 1.82) is 0 Å². The number of rotatable bonds is 3. The zero-order chi connectivity index (χ0) is 8.97. The first kappa shape index (κ1) is 10.4. The van der Waals surface area contributed by atoms with Gasteiger partial charge in [-0.05, 0) is 25.7 Å². The molecule has 0 aromatic rings. The minimum atomic E-state index is 0.368. The standard InChI is InChI=1S/C10H21NS/c1-8-4-3-5-10(6-8)12-7-9(2)11/h8-10H,3-7,11H2,1-2H3. The van der Waals surface area contributed by atoms with Gasteiger partial charge in [-0.15, -0.1) is 0 Å². The van der Waals surface area contributed by atoms with Crippen molar-refractivity contribution < 1.29 is 0 Å². The van der Waals surface area contributed by atoms with Gasteiger partial charge in [0.15, 0.2) is 0 Å². The molecule has 1 aliphatic rings. The Labute approximate surface area is 80.5 Å². The summed E-state index contributed by atoms with van der Waals surface area (Å²) in [6.45, 7) is 4.47. The Morgan fingerprint density at radius 2 is 2.25 bits per heavy atom. The average Bonchev–Trinajstić information content (AvgIpc) is 2.01. The number of nitrogens with two attached hydrogens (primary N) is 1. The van der Waals surface area contributed by atoms with Gasteiger partial charge in [0.2, 0.25) is 0 Å². The van der Waals surface area contributed by atoms with E-state index >= 15 is 0 Å².